The largest absolute Gasteiger partial charge is 0.0683 e. The van der Waals surface area contributed by atoms with Gasteiger partial charge in [-0.15, -0.1) is 0 Å². The van der Waals surface area contributed by atoms with Crippen LogP contribution in [0.15, 0.2) is 0 Å². The van der Waals surface area contributed by atoms with Gasteiger partial charge in [0, 0.05) is 0 Å². The van der Waals surface area contributed by atoms with Crippen molar-refractivity contribution in [3.8, 4) is 0 Å². The third-order valence-electron chi connectivity index (χ3n) is 1.41. The summed E-state index contributed by atoms with van der Waals surface area (Å²) in [6.07, 6.45) is 5.77. The molecule has 0 radical (unpaired) electrons. The fraction of sp³-hybridized carbons (Fsp3) is 1.00. The van der Waals surface area contributed by atoms with Crippen molar-refractivity contribution in [2.45, 2.75) is 81.1 Å². The van der Waals surface area contributed by atoms with Crippen molar-refractivity contribution in [3.05, 3.63) is 0 Å². The van der Waals surface area contributed by atoms with Crippen molar-refractivity contribution in [3.63, 3.8) is 0 Å². The molecule has 0 N–H and O–H groups in total. The summed E-state index contributed by atoms with van der Waals surface area (Å²) in [5.74, 6) is 0. The van der Waals surface area contributed by atoms with Crippen LogP contribution in [0.1, 0.15) is 81.1 Å². The van der Waals surface area contributed by atoms with Crippen LogP contribution in [0.3, 0.4) is 0 Å². The molecule has 13 heavy (non-hydrogen) atoms. The van der Waals surface area contributed by atoms with Gasteiger partial charge < -0.3 is 0 Å². The van der Waals surface area contributed by atoms with E-state index < -0.39 is 0 Å². The molecule has 0 aromatic heterocycles. The summed E-state index contributed by atoms with van der Waals surface area (Å²) in [6.45, 7) is 16.9. The molecule has 1 rings (SSSR count). The van der Waals surface area contributed by atoms with Crippen LogP contribution in [0, 0.1) is 5.41 Å². The lowest BCUT2D eigenvalue weighted by Crippen LogP contribution is -2.00. The second-order valence-corrected chi connectivity index (χ2v) is 3.97. The molecule has 0 aromatic rings. The van der Waals surface area contributed by atoms with Crippen molar-refractivity contribution in [2.24, 2.45) is 5.41 Å². The van der Waals surface area contributed by atoms with Crippen molar-refractivity contribution in [1.82, 2.24) is 0 Å². The van der Waals surface area contributed by atoms with Gasteiger partial charge in [-0.25, -0.2) is 0 Å². The van der Waals surface area contributed by atoms with Crippen LogP contribution >= 0.6 is 0 Å². The first-order valence-electron chi connectivity index (χ1n) is 6.06. The molecule has 0 aliphatic heterocycles. The zero-order valence-corrected chi connectivity index (χ0v) is 11.3. The van der Waals surface area contributed by atoms with Gasteiger partial charge in [-0.05, 0) is 5.41 Å². The Bertz CT molecular complexity index is 52.2. The molecule has 1 aliphatic carbocycles. The van der Waals surface area contributed by atoms with E-state index in [1.54, 1.807) is 0 Å². The van der Waals surface area contributed by atoms with E-state index in [0.29, 0.717) is 5.41 Å². The molecule has 0 spiro atoms. The average molecular weight is 188 g/mol. The second-order valence-electron chi connectivity index (χ2n) is 3.97. The lowest BCUT2D eigenvalue weighted by atomic mass is 9.94. The Balaban J connectivity index is -0.000000120. The topological polar surface area (TPSA) is 0 Å². The minimum atomic E-state index is 0.542. The summed E-state index contributed by atoms with van der Waals surface area (Å²) in [4.78, 5) is 0. The van der Waals surface area contributed by atoms with Crippen LogP contribution < -0.4 is 0 Å². The second kappa shape index (κ2) is 14.5. The lowest BCUT2D eigenvalue weighted by Gasteiger charge is -2.12. The molecule has 1 saturated carbocycles. The maximum atomic E-state index is 2.24. The molecule has 0 saturated heterocycles. The standard InChI is InChI=1S/C6H14.C3H6.2C2H6/c1-5-6(2,3)4;1-2-3-1;2*1-2/h5H2,1-4H3;1-3H2;2*1-2H3. The molecule has 0 aromatic carbocycles. The van der Waals surface area contributed by atoms with Crippen molar-refractivity contribution in [1.29, 1.82) is 0 Å². The van der Waals surface area contributed by atoms with Crippen LogP contribution in [-0.4, -0.2) is 0 Å². The summed E-state index contributed by atoms with van der Waals surface area (Å²) in [6, 6.07) is 0. The molecular weight excluding hydrogens is 156 g/mol. The Hall–Kier alpha value is 0. The Kier molecular flexibility index (Phi) is 20.9. The van der Waals surface area contributed by atoms with E-state index >= 15 is 0 Å². The van der Waals surface area contributed by atoms with E-state index in [4.69, 9.17) is 0 Å². The number of hydrogen-bond donors (Lipinski definition) is 0. The minimum absolute atomic E-state index is 0.542. The highest BCUT2D eigenvalue weighted by molar-refractivity contribution is 4.55. The predicted octanol–water partition coefficient (Wildman–Crippen LogP) is 5.67. The van der Waals surface area contributed by atoms with E-state index in [0.717, 1.165) is 0 Å². The monoisotopic (exact) mass is 188 g/mol. The molecule has 84 valence electrons. The van der Waals surface area contributed by atoms with Crippen LogP contribution in [-0.2, 0) is 0 Å². The summed E-state index contributed by atoms with van der Waals surface area (Å²) < 4.78 is 0. The smallest absolute Gasteiger partial charge is 0.0385 e. The third kappa shape index (κ3) is 75.0. The van der Waals surface area contributed by atoms with Gasteiger partial charge in [0.1, 0.15) is 0 Å². The molecule has 0 bridgehead atoms. The van der Waals surface area contributed by atoms with Crippen LogP contribution in [0.25, 0.3) is 0 Å². The summed E-state index contributed by atoms with van der Waals surface area (Å²) in [5.41, 5.74) is 0.542. The number of hydrogen-bond acceptors (Lipinski definition) is 0. The first-order chi connectivity index (χ1) is 6.06. The van der Waals surface area contributed by atoms with Crippen LogP contribution in [0.2, 0.25) is 0 Å². The Morgan fingerprint density at radius 2 is 0.923 bits per heavy atom. The molecule has 0 heterocycles. The van der Waals surface area contributed by atoms with Gasteiger partial charge in [0.05, 0.1) is 0 Å². The van der Waals surface area contributed by atoms with Gasteiger partial charge in [-0.1, -0.05) is 81.1 Å². The highest BCUT2D eigenvalue weighted by Crippen LogP contribution is 2.16. The lowest BCUT2D eigenvalue weighted by molar-refractivity contribution is 0.398. The van der Waals surface area contributed by atoms with Crippen LogP contribution in [0.4, 0.5) is 0 Å². The number of rotatable bonds is 0. The predicted molar refractivity (Wildman–Crippen MR) is 66.3 cm³/mol. The van der Waals surface area contributed by atoms with Gasteiger partial charge in [0.2, 0.25) is 0 Å². The summed E-state index contributed by atoms with van der Waals surface area (Å²) in [5, 5.41) is 0. The average Bonchev–Trinajstić information content (AvgIpc) is 2.97. The fourth-order valence-electron chi connectivity index (χ4n) is 0. The Morgan fingerprint density at radius 3 is 0.923 bits per heavy atom. The fourth-order valence-corrected chi connectivity index (χ4v) is 0. The van der Waals surface area contributed by atoms with Crippen molar-refractivity contribution >= 4 is 0 Å². The maximum absolute atomic E-state index is 2.24. The van der Waals surface area contributed by atoms with E-state index in [2.05, 4.69) is 27.7 Å². The van der Waals surface area contributed by atoms with Crippen molar-refractivity contribution < 1.29 is 0 Å². The zero-order valence-electron chi connectivity index (χ0n) is 11.3. The molecular formula is C13H32. The molecule has 0 nitrogen and oxygen atoms in total. The Labute approximate surface area is 87.1 Å². The summed E-state index contributed by atoms with van der Waals surface area (Å²) >= 11 is 0. The van der Waals surface area contributed by atoms with Gasteiger partial charge >= 0.3 is 0 Å². The highest BCUT2D eigenvalue weighted by Gasteiger charge is 2.03. The quantitative estimate of drug-likeness (QED) is 0.460. The molecule has 0 amide bonds. The SMILES string of the molecule is C1CC1.CC.CC.CCC(C)(C)C. The maximum Gasteiger partial charge on any atom is -0.0385 e. The highest BCUT2D eigenvalue weighted by atomic mass is 14.1. The molecule has 0 atom stereocenters. The third-order valence-corrected chi connectivity index (χ3v) is 1.41. The van der Waals surface area contributed by atoms with Crippen LogP contribution in [0.5, 0.6) is 0 Å². The normalized spacial score (nSPS) is 12.0. The molecule has 1 fully saturated rings. The minimum Gasteiger partial charge on any atom is -0.0683 e. The van der Waals surface area contributed by atoms with Crippen molar-refractivity contribution in [2.75, 3.05) is 0 Å². The first kappa shape index (κ1) is 18.7. The van der Waals surface area contributed by atoms with Gasteiger partial charge in [-0.3, -0.25) is 0 Å². The Morgan fingerprint density at radius 1 is 0.769 bits per heavy atom. The summed E-state index contributed by atoms with van der Waals surface area (Å²) in [7, 11) is 0. The zero-order chi connectivity index (χ0) is 11.3. The van der Waals surface area contributed by atoms with Gasteiger partial charge in [-0.2, -0.15) is 0 Å². The van der Waals surface area contributed by atoms with E-state index in [-0.39, 0.29) is 0 Å². The van der Waals surface area contributed by atoms with E-state index in [1.165, 1.54) is 25.7 Å². The van der Waals surface area contributed by atoms with Gasteiger partial charge in [0.25, 0.3) is 0 Å². The molecule has 1 aliphatic rings. The molecule has 0 unspecified atom stereocenters. The molecule has 0 heteroatoms. The van der Waals surface area contributed by atoms with E-state index in [9.17, 15) is 0 Å². The van der Waals surface area contributed by atoms with E-state index in [1.807, 2.05) is 27.7 Å². The first-order valence-corrected chi connectivity index (χ1v) is 6.06. The van der Waals surface area contributed by atoms with Gasteiger partial charge in [0.15, 0.2) is 0 Å².